The van der Waals surface area contributed by atoms with Crippen LogP contribution in [0.2, 0.25) is 0 Å². The number of carbonyl (C=O) groups excluding carboxylic acids is 1. The van der Waals surface area contributed by atoms with Crippen molar-refractivity contribution in [3.8, 4) is 11.5 Å². The first-order chi connectivity index (χ1) is 9.93. The van der Waals surface area contributed by atoms with Crippen LogP contribution in [0.4, 0.5) is 0 Å². The van der Waals surface area contributed by atoms with Gasteiger partial charge in [-0.05, 0) is 17.7 Å². The fourth-order valence-corrected chi connectivity index (χ4v) is 1.66. The Morgan fingerprint density at radius 3 is 2.57 bits per heavy atom. The van der Waals surface area contributed by atoms with E-state index >= 15 is 0 Å². The van der Waals surface area contributed by atoms with Gasteiger partial charge in [0.2, 0.25) is 5.91 Å². The first kappa shape index (κ1) is 16.5. The zero-order valence-corrected chi connectivity index (χ0v) is 11.4. The molecule has 5 N–H and O–H groups in total. The molecule has 0 radical (unpaired) electrons. The number of carboxylic acid groups (broad SMARTS) is 1. The molecular formula is C14H18N2O5. The third kappa shape index (κ3) is 5.53. The minimum Gasteiger partial charge on any atom is -0.504 e. The van der Waals surface area contributed by atoms with Crippen molar-refractivity contribution in [3.63, 3.8) is 0 Å². The molecule has 0 spiro atoms. The second-order valence-corrected chi connectivity index (χ2v) is 4.41. The van der Waals surface area contributed by atoms with Gasteiger partial charge < -0.3 is 26.0 Å². The Labute approximate surface area is 121 Å². The molecule has 0 saturated heterocycles. The summed E-state index contributed by atoms with van der Waals surface area (Å²) in [5, 5.41) is 32.8. The van der Waals surface area contributed by atoms with Gasteiger partial charge in [-0.1, -0.05) is 12.1 Å². The van der Waals surface area contributed by atoms with Crippen molar-refractivity contribution in [2.45, 2.75) is 12.5 Å². The topological polar surface area (TPSA) is 119 Å². The van der Waals surface area contributed by atoms with Crippen LogP contribution < -0.4 is 10.6 Å². The minimum absolute atomic E-state index is 0.00360. The quantitative estimate of drug-likeness (QED) is 0.261. The molecule has 114 valence electrons. The fraction of sp³-hybridized carbons (Fsp3) is 0.286. The monoisotopic (exact) mass is 294 g/mol. The van der Waals surface area contributed by atoms with E-state index in [9.17, 15) is 19.8 Å². The number of aliphatic carboxylic acids is 1. The maximum absolute atomic E-state index is 11.6. The number of amides is 1. The summed E-state index contributed by atoms with van der Waals surface area (Å²) in [6.07, 6.45) is 1.58. The number of aromatic hydroxyl groups is 2. The number of hydrogen-bond acceptors (Lipinski definition) is 5. The molecule has 0 aromatic heterocycles. The first-order valence-corrected chi connectivity index (χ1v) is 6.28. The highest BCUT2D eigenvalue weighted by Crippen LogP contribution is 2.25. The van der Waals surface area contributed by atoms with Gasteiger partial charge in [0.05, 0.1) is 6.54 Å². The van der Waals surface area contributed by atoms with Gasteiger partial charge >= 0.3 is 5.97 Å². The number of carboxylic acids is 1. The summed E-state index contributed by atoms with van der Waals surface area (Å²) < 4.78 is 0. The van der Waals surface area contributed by atoms with E-state index in [4.69, 9.17) is 5.11 Å². The van der Waals surface area contributed by atoms with Gasteiger partial charge in [-0.2, -0.15) is 0 Å². The van der Waals surface area contributed by atoms with E-state index in [-0.39, 0.29) is 24.5 Å². The number of hydrogen-bond donors (Lipinski definition) is 5. The van der Waals surface area contributed by atoms with Gasteiger partial charge in [-0.15, -0.1) is 6.58 Å². The van der Waals surface area contributed by atoms with E-state index in [1.165, 1.54) is 18.2 Å². The molecule has 0 saturated carbocycles. The molecule has 0 aliphatic rings. The Morgan fingerprint density at radius 2 is 2.00 bits per heavy atom. The Bertz CT molecular complexity index is 530. The lowest BCUT2D eigenvalue weighted by atomic mass is 10.1. The number of nitrogens with one attached hydrogen (secondary N) is 2. The SMILES string of the molecule is C=CCNCC(=O)N[C@@H](Cc1ccc(O)c(O)c1)C(=O)O. The van der Waals surface area contributed by atoms with Gasteiger partial charge in [0.25, 0.3) is 0 Å². The molecule has 7 heteroatoms. The average Bonchev–Trinajstić information content (AvgIpc) is 2.42. The van der Waals surface area contributed by atoms with Gasteiger partial charge in [0.15, 0.2) is 11.5 Å². The lowest BCUT2D eigenvalue weighted by Crippen LogP contribution is -2.45. The summed E-state index contributed by atoms with van der Waals surface area (Å²) in [6, 6.07) is 2.88. The molecule has 21 heavy (non-hydrogen) atoms. The van der Waals surface area contributed by atoms with Crippen LogP contribution in [0, 0.1) is 0 Å². The number of phenolic OH excluding ortho intramolecular Hbond substituents is 2. The van der Waals surface area contributed by atoms with Crippen molar-refractivity contribution in [2.75, 3.05) is 13.1 Å². The van der Waals surface area contributed by atoms with Crippen molar-refractivity contribution < 1.29 is 24.9 Å². The average molecular weight is 294 g/mol. The Hall–Kier alpha value is -2.54. The zero-order valence-electron chi connectivity index (χ0n) is 11.4. The van der Waals surface area contributed by atoms with Crippen molar-refractivity contribution in [1.29, 1.82) is 0 Å². The largest absolute Gasteiger partial charge is 0.504 e. The highest BCUT2D eigenvalue weighted by Gasteiger charge is 2.20. The molecule has 1 amide bonds. The molecule has 1 rings (SSSR count). The van der Waals surface area contributed by atoms with Crippen molar-refractivity contribution in [2.24, 2.45) is 0 Å². The first-order valence-electron chi connectivity index (χ1n) is 6.28. The smallest absolute Gasteiger partial charge is 0.326 e. The van der Waals surface area contributed by atoms with E-state index in [1.54, 1.807) is 6.08 Å². The maximum atomic E-state index is 11.6. The van der Waals surface area contributed by atoms with Gasteiger partial charge in [0.1, 0.15) is 6.04 Å². The molecule has 0 fully saturated rings. The van der Waals surface area contributed by atoms with Crippen LogP contribution in [0.1, 0.15) is 5.56 Å². The van der Waals surface area contributed by atoms with E-state index in [0.29, 0.717) is 12.1 Å². The molecule has 1 aromatic carbocycles. The predicted octanol–water partition coefficient (Wildman–Crippen LogP) is -0.0147. The fourth-order valence-electron chi connectivity index (χ4n) is 1.66. The van der Waals surface area contributed by atoms with Gasteiger partial charge in [0, 0.05) is 13.0 Å². The van der Waals surface area contributed by atoms with Gasteiger partial charge in [-0.3, -0.25) is 4.79 Å². The number of carbonyl (C=O) groups is 2. The summed E-state index contributed by atoms with van der Waals surface area (Å²) in [7, 11) is 0. The molecule has 0 aliphatic heterocycles. The number of rotatable bonds is 8. The molecular weight excluding hydrogens is 276 g/mol. The number of benzene rings is 1. The van der Waals surface area contributed by atoms with Crippen molar-refractivity contribution >= 4 is 11.9 Å². The van der Waals surface area contributed by atoms with E-state index < -0.39 is 17.9 Å². The minimum atomic E-state index is -1.18. The summed E-state index contributed by atoms with van der Waals surface area (Å²) in [5.74, 6) is -2.26. The van der Waals surface area contributed by atoms with Crippen molar-refractivity contribution in [1.82, 2.24) is 10.6 Å². The maximum Gasteiger partial charge on any atom is 0.326 e. The molecule has 1 atom stereocenters. The second kappa shape index (κ2) is 7.91. The Kier molecular flexibility index (Phi) is 6.22. The summed E-state index contributed by atoms with van der Waals surface area (Å²) in [4.78, 5) is 22.7. The highest BCUT2D eigenvalue weighted by atomic mass is 16.4. The summed E-state index contributed by atoms with van der Waals surface area (Å²) in [5.41, 5.74) is 0.483. The van der Waals surface area contributed by atoms with E-state index in [0.717, 1.165) is 0 Å². The molecule has 0 bridgehead atoms. The lowest BCUT2D eigenvalue weighted by molar-refractivity contribution is -0.141. The predicted molar refractivity (Wildman–Crippen MR) is 76.1 cm³/mol. The lowest BCUT2D eigenvalue weighted by Gasteiger charge is -2.15. The standard InChI is InChI=1S/C14H18N2O5/c1-2-5-15-8-13(19)16-10(14(20)21)6-9-3-4-11(17)12(18)7-9/h2-4,7,10,15,17-18H,1,5-6,8H2,(H,16,19)(H,20,21)/t10-/m0/s1. The highest BCUT2D eigenvalue weighted by molar-refractivity contribution is 5.84. The van der Waals surface area contributed by atoms with Crippen LogP contribution in [-0.4, -0.2) is 46.3 Å². The normalized spacial score (nSPS) is 11.6. The van der Waals surface area contributed by atoms with Crippen molar-refractivity contribution in [3.05, 3.63) is 36.4 Å². The van der Waals surface area contributed by atoms with Crippen LogP contribution >= 0.6 is 0 Å². The molecule has 0 heterocycles. The van der Waals surface area contributed by atoms with E-state index in [1.807, 2.05) is 0 Å². The molecule has 0 aliphatic carbocycles. The van der Waals surface area contributed by atoms with Crippen LogP contribution in [-0.2, 0) is 16.0 Å². The molecule has 0 unspecified atom stereocenters. The van der Waals surface area contributed by atoms with Crippen LogP contribution in [0.3, 0.4) is 0 Å². The van der Waals surface area contributed by atoms with E-state index in [2.05, 4.69) is 17.2 Å². The Morgan fingerprint density at radius 1 is 1.29 bits per heavy atom. The Balaban J connectivity index is 2.65. The summed E-state index contributed by atoms with van der Waals surface area (Å²) >= 11 is 0. The molecule has 7 nitrogen and oxygen atoms in total. The number of phenols is 2. The van der Waals surface area contributed by atoms with Crippen LogP contribution in [0.5, 0.6) is 11.5 Å². The third-order valence-corrected chi connectivity index (χ3v) is 2.69. The second-order valence-electron chi connectivity index (χ2n) is 4.41. The van der Waals surface area contributed by atoms with Crippen LogP contribution in [0.25, 0.3) is 0 Å². The molecule has 1 aromatic rings. The third-order valence-electron chi connectivity index (χ3n) is 2.69. The van der Waals surface area contributed by atoms with Crippen LogP contribution in [0.15, 0.2) is 30.9 Å². The van der Waals surface area contributed by atoms with Gasteiger partial charge in [-0.25, -0.2) is 4.79 Å². The zero-order chi connectivity index (χ0) is 15.8. The summed E-state index contributed by atoms with van der Waals surface area (Å²) in [6.45, 7) is 3.91.